The van der Waals surface area contributed by atoms with Crippen LogP contribution in [0, 0.1) is 23.7 Å². The Hall–Kier alpha value is -2.30. The lowest BCUT2D eigenvalue weighted by Gasteiger charge is -2.37. The number of urea groups is 1. The fourth-order valence-electron chi connectivity index (χ4n) is 4.25. The minimum absolute atomic E-state index is 0.110. The van der Waals surface area contributed by atoms with Gasteiger partial charge in [-0.05, 0) is 49.5 Å². The number of amides is 3. The van der Waals surface area contributed by atoms with E-state index in [1.54, 1.807) is 0 Å². The normalized spacial score (nSPS) is 21.4. The molecule has 0 saturated heterocycles. The molecule has 3 atom stereocenters. The SMILES string of the molecule is CCNC(=O)NC[C@@H]1C=C(C)[C@H](CC(=O)N(C)Cc2ccccc2)C[C@H]1C(C)C. The zero-order valence-corrected chi connectivity index (χ0v) is 18.6. The molecular formula is C24H37N3O2. The van der Waals surface area contributed by atoms with E-state index in [0.29, 0.717) is 43.8 Å². The number of nitrogens with one attached hydrogen (secondary N) is 2. The molecule has 0 fully saturated rings. The van der Waals surface area contributed by atoms with Crippen molar-refractivity contribution in [2.45, 2.75) is 47.1 Å². The maximum Gasteiger partial charge on any atom is 0.314 e. The molecular weight excluding hydrogens is 362 g/mol. The minimum Gasteiger partial charge on any atom is -0.341 e. The predicted molar refractivity (Wildman–Crippen MR) is 118 cm³/mol. The van der Waals surface area contributed by atoms with Gasteiger partial charge in [0.15, 0.2) is 0 Å². The van der Waals surface area contributed by atoms with Crippen molar-refractivity contribution in [3.63, 3.8) is 0 Å². The summed E-state index contributed by atoms with van der Waals surface area (Å²) in [6.07, 6.45) is 3.83. The van der Waals surface area contributed by atoms with Gasteiger partial charge in [0.2, 0.25) is 5.91 Å². The molecule has 1 aromatic carbocycles. The molecule has 0 aromatic heterocycles. The van der Waals surface area contributed by atoms with Gasteiger partial charge in [-0.15, -0.1) is 0 Å². The Morgan fingerprint density at radius 2 is 1.86 bits per heavy atom. The zero-order valence-electron chi connectivity index (χ0n) is 18.6. The summed E-state index contributed by atoms with van der Waals surface area (Å²) >= 11 is 0. The molecule has 3 amide bonds. The smallest absolute Gasteiger partial charge is 0.314 e. The number of carbonyl (C=O) groups is 2. The highest BCUT2D eigenvalue weighted by molar-refractivity contribution is 5.76. The Morgan fingerprint density at radius 1 is 1.17 bits per heavy atom. The van der Waals surface area contributed by atoms with Crippen LogP contribution in [0.2, 0.25) is 0 Å². The first kappa shape index (κ1) is 23.0. The maximum atomic E-state index is 12.8. The van der Waals surface area contributed by atoms with E-state index in [4.69, 9.17) is 0 Å². The third-order valence-corrected chi connectivity index (χ3v) is 6.03. The molecule has 0 aliphatic heterocycles. The van der Waals surface area contributed by atoms with Crippen LogP contribution in [-0.4, -0.2) is 37.0 Å². The molecule has 160 valence electrons. The third kappa shape index (κ3) is 6.91. The standard InChI is InChI=1S/C24H37N3O2/c1-6-25-24(29)26-15-21-12-18(4)20(13-22(21)17(2)3)14-23(28)27(5)16-19-10-8-7-9-11-19/h7-12,17,20-22H,6,13-16H2,1-5H3,(H2,25,26,29)/t20-,21-,22-/m0/s1. The van der Waals surface area contributed by atoms with Crippen LogP contribution < -0.4 is 10.6 Å². The number of hydrogen-bond donors (Lipinski definition) is 2. The highest BCUT2D eigenvalue weighted by atomic mass is 16.2. The molecule has 2 N–H and O–H groups in total. The molecule has 0 heterocycles. The Kier molecular flexibility index (Phi) is 8.74. The molecule has 5 heteroatoms. The van der Waals surface area contributed by atoms with E-state index in [1.807, 2.05) is 37.1 Å². The van der Waals surface area contributed by atoms with E-state index in [-0.39, 0.29) is 17.9 Å². The summed E-state index contributed by atoms with van der Waals surface area (Å²) in [5, 5.41) is 5.78. The van der Waals surface area contributed by atoms with Crippen LogP contribution in [0.4, 0.5) is 4.79 Å². The highest BCUT2D eigenvalue weighted by Gasteiger charge is 2.33. The zero-order chi connectivity index (χ0) is 21.4. The van der Waals surface area contributed by atoms with E-state index in [9.17, 15) is 9.59 Å². The monoisotopic (exact) mass is 399 g/mol. The van der Waals surface area contributed by atoms with Gasteiger partial charge in [-0.25, -0.2) is 4.79 Å². The summed E-state index contributed by atoms with van der Waals surface area (Å²) < 4.78 is 0. The number of rotatable bonds is 8. The molecule has 0 bridgehead atoms. The largest absolute Gasteiger partial charge is 0.341 e. The molecule has 0 unspecified atom stereocenters. The number of nitrogens with zero attached hydrogens (tertiary/aromatic N) is 1. The average molecular weight is 400 g/mol. The topological polar surface area (TPSA) is 61.4 Å². The van der Waals surface area contributed by atoms with E-state index < -0.39 is 0 Å². The first-order chi connectivity index (χ1) is 13.8. The molecule has 1 aliphatic rings. The molecule has 29 heavy (non-hydrogen) atoms. The molecule has 1 aromatic rings. The van der Waals surface area contributed by atoms with E-state index in [0.717, 1.165) is 12.0 Å². The van der Waals surface area contributed by atoms with Crippen molar-refractivity contribution >= 4 is 11.9 Å². The summed E-state index contributed by atoms with van der Waals surface area (Å²) in [7, 11) is 1.89. The van der Waals surface area contributed by atoms with Crippen molar-refractivity contribution in [3.8, 4) is 0 Å². The molecule has 1 aliphatic carbocycles. The Labute approximate surface area is 175 Å². The van der Waals surface area contributed by atoms with Gasteiger partial charge in [0, 0.05) is 33.1 Å². The van der Waals surface area contributed by atoms with Gasteiger partial charge in [0.05, 0.1) is 0 Å². The highest BCUT2D eigenvalue weighted by Crippen LogP contribution is 2.39. The second kappa shape index (κ2) is 11.0. The Balaban J connectivity index is 1.99. The first-order valence-corrected chi connectivity index (χ1v) is 10.8. The van der Waals surface area contributed by atoms with Gasteiger partial charge in [-0.1, -0.05) is 55.8 Å². The number of benzene rings is 1. The molecule has 0 spiro atoms. The van der Waals surface area contributed by atoms with E-state index >= 15 is 0 Å². The predicted octanol–water partition coefficient (Wildman–Crippen LogP) is 4.21. The van der Waals surface area contributed by atoms with Gasteiger partial charge < -0.3 is 15.5 Å². The van der Waals surface area contributed by atoms with Crippen molar-refractivity contribution in [1.82, 2.24) is 15.5 Å². The molecule has 5 nitrogen and oxygen atoms in total. The maximum absolute atomic E-state index is 12.8. The fourth-order valence-corrected chi connectivity index (χ4v) is 4.25. The summed E-state index contributed by atoms with van der Waals surface area (Å²) in [4.78, 5) is 26.5. The second-order valence-electron chi connectivity index (χ2n) is 8.59. The number of hydrogen-bond acceptors (Lipinski definition) is 2. The van der Waals surface area contributed by atoms with Gasteiger partial charge >= 0.3 is 6.03 Å². The van der Waals surface area contributed by atoms with Gasteiger partial charge in [-0.2, -0.15) is 0 Å². The van der Waals surface area contributed by atoms with Crippen LogP contribution >= 0.6 is 0 Å². The minimum atomic E-state index is -0.110. The summed E-state index contributed by atoms with van der Waals surface area (Å²) in [6, 6.07) is 9.99. The Bertz CT molecular complexity index is 699. The van der Waals surface area contributed by atoms with Gasteiger partial charge in [0.1, 0.15) is 0 Å². The van der Waals surface area contributed by atoms with E-state index in [1.165, 1.54) is 5.57 Å². The quantitative estimate of drug-likeness (QED) is 0.643. The van der Waals surface area contributed by atoms with Crippen molar-refractivity contribution in [2.75, 3.05) is 20.1 Å². The van der Waals surface area contributed by atoms with Crippen LogP contribution in [0.15, 0.2) is 42.0 Å². The number of carbonyl (C=O) groups excluding carboxylic acids is 2. The first-order valence-electron chi connectivity index (χ1n) is 10.8. The average Bonchev–Trinajstić information content (AvgIpc) is 2.68. The van der Waals surface area contributed by atoms with Crippen LogP contribution in [0.3, 0.4) is 0 Å². The van der Waals surface area contributed by atoms with Crippen molar-refractivity contribution in [3.05, 3.63) is 47.5 Å². The molecule has 2 rings (SSSR count). The Morgan fingerprint density at radius 3 is 2.48 bits per heavy atom. The third-order valence-electron chi connectivity index (χ3n) is 6.03. The van der Waals surface area contributed by atoms with Crippen LogP contribution in [0.1, 0.15) is 46.1 Å². The molecule has 0 saturated carbocycles. The lowest BCUT2D eigenvalue weighted by molar-refractivity contribution is -0.131. The second-order valence-corrected chi connectivity index (χ2v) is 8.59. The summed E-state index contributed by atoms with van der Waals surface area (Å²) in [5.74, 6) is 1.73. The summed E-state index contributed by atoms with van der Waals surface area (Å²) in [5.41, 5.74) is 2.42. The van der Waals surface area contributed by atoms with Gasteiger partial charge in [0.25, 0.3) is 0 Å². The van der Waals surface area contributed by atoms with E-state index in [2.05, 4.69) is 49.6 Å². The van der Waals surface area contributed by atoms with Gasteiger partial charge in [-0.3, -0.25) is 4.79 Å². The summed E-state index contributed by atoms with van der Waals surface area (Å²) in [6.45, 7) is 10.4. The lowest BCUT2D eigenvalue weighted by Crippen LogP contribution is -2.41. The fraction of sp³-hybridized carbons (Fsp3) is 0.583. The van der Waals surface area contributed by atoms with Crippen LogP contribution in [-0.2, 0) is 11.3 Å². The van der Waals surface area contributed by atoms with Crippen molar-refractivity contribution < 1.29 is 9.59 Å². The van der Waals surface area contributed by atoms with Crippen LogP contribution in [0.25, 0.3) is 0 Å². The lowest BCUT2D eigenvalue weighted by atomic mass is 9.69. The van der Waals surface area contributed by atoms with Crippen molar-refractivity contribution in [1.29, 1.82) is 0 Å². The van der Waals surface area contributed by atoms with Crippen molar-refractivity contribution in [2.24, 2.45) is 23.7 Å². The molecule has 0 radical (unpaired) electrons. The van der Waals surface area contributed by atoms with Crippen LogP contribution in [0.5, 0.6) is 0 Å². The number of allylic oxidation sites excluding steroid dienone is 1.